The van der Waals surface area contributed by atoms with E-state index in [1.54, 1.807) is 6.92 Å². The third kappa shape index (κ3) is 4.45. The Morgan fingerprint density at radius 1 is 1.36 bits per heavy atom. The lowest BCUT2D eigenvalue weighted by Crippen LogP contribution is -2.58. The number of hydrogen-bond acceptors (Lipinski definition) is 8. The fourth-order valence-electron chi connectivity index (χ4n) is 3.81. The first kappa shape index (κ1) is 22.9. The zero-order valence-electron chi connectivity index (χ0n) is 16.6. The Bertz CT molecular complexity index is 621. The van der Waals surface area contributed by atoms with Crippen molar-refractivity contribution >= 4 is 23.5 Å². The monoisotopic (exact) mass is 420 g/mol. The zero-order chi connectivity index (χ0) is 21.1. The summed E-state index contributed by atoms with van der Waals surface area (Å²) in [5.41, 5.74) is -3.19. The van der Waals surface area contributed by atoms with Crippen LogP contribution in [-0.4, -0.2) is 64.8 Å². The van der Waals surface area contributed by atoms with E-state index in [1.165, 1.54) is 13.2 Å². The smallest absolute Gasteiger partial charge is 0.309 e. The summed E-state index contributed by atoms with van der Waals surface area (Å²) in [5, 5.41) is 22.8. The number of hydrogen-bond donors (Lipinski definition) is 2. The van der Waals surface area contributed by atoms with E-state index in [0.29, 0.717) is 12.2 Å². The Balaban J connectivity index is 2.41. The van der Waals surface area contributed by atoms with Gasteiger partial charge in [0.05, 0.1) is 24.7 Å². The lowest BCUT2D eigenvalue weighted by molar-refractivity contribution is -0.228. The fourth-order valence-corrected chi connectivity index (χ4v) is 4.15. The number of esters is 2. The molecule has 2 N–H and O–H groups in total. The fraction of sp³-hybridized carbons (Fsp3) is 0.789. The van der Waals surface area contributed by atoms with Crippen molar-refractivity contribution in [2.75, 3.05) is 19.1 Å². The summed E-state index contributed by atoms with van der Waals surface area (Å²) in [6.07, 6.45) is -1.08. The van der Waals surface area contributed by atoms with Crippen LogP contribution in [0.25, 0.3) is 0 Å². The van der Waals surface area contributed by atoms with Crippen LogP contribution in [-0.2, 0) is 28.5 Å². The molecule has 0 radical (unpaired) electrons. The minimum absolute atomic E-state index is 0.0430. The first-order chi connectivity index (χ1) is 13.1. The third-order valence-corrected chi connectivity index (χ3v) is 5.51. The van der Waals surface area contributed by atoms with Gasteiger partial charge in [0, 0.05) is 31.9 Å². The Kier molecular flexibility index (Phi) is 7.36. The molecule has 2 rings (SSSR count). The van der Waals surface area contributed by atoms with Crippen molar-refractivity contribution in [2.24, 2.45) is 11.8 Å². The standard InChI is InChI=1S/C19H29ClO8/c1-5-25-8-13-9-26-17(28-15(22)6-11(2)3)16-18(13,23)7-14(27-12(4)21)19(16,24)10-20/h9,11,14,16-17,23-24H,5-8,10H2,1-4H3. The molecule has 8 nitrogen and oxygen atoms in total. The van der Waals surface area contributed by atoms with Gasteiger partial charge in [-0.25, -0.2) is 0 Å². The van der Waals surface area contributed by atoms with Crippen LogP contribution in [0, 0.1) is 11.8 Å². The minimum Gasteiger partial charge on any atom is -0.462 e. The van der Waals surface area contributed by atoms with Crippen molar-refractivity contribution in [3.05, 3.63) is 11.8 Å². The first-order valence-corrected chi connectivity index (χ1v) is 9.92. The minimum atomic E-state index is -1.86. The van der Waals surface area contributed by atoms with E-state index in [2.05, 4.69) is 0 Å². The summed E-state index contributed by atoms with van der Waals surface area (Å²) in [7, 11) is 0. The summed E-state index contributed by atoms with van der Waals surface area (Å²) in [4.78, 5) is 23.7. The number of ether oxygens (including phenoxy) is 4. The average molecular weight is 421 g/mol. The maximum atomic E-state index is 12.2. The van der Waals surface area contributed by atoms with Crippen LogP contribution in [0.4, 0.5) is 0 Å². The van der Waals surface area contributed by atoms with Gasteiger partial charge < -0.3 is 29.2 Å². The molecule has 0 saturated heterocycles. The highest BCUT2D eigenvalue weighted by Crippen LogP contribution is 2.53. The van der Waals surface area contributed by atoms with E-state index in [0.717, 1.165) is 0 Å². The normalized spacial score (nSPS) is 34.4. The molecule has 5 atom stereocenters. The molecule has 1 heterocycles. The molecule has 0 amide bonds. The van der Waals surface area contributed by atoms with E-state index in [-0.39, 0.29) is 31.2 Å². The van der Waals surface area contributed by atoms with Gasteiger partial charge in [-0.15, -0.1) is 11.6 Å². The van der Waals surface area contributed by atoms with Gasteiger partial charge in [-0.1, -0.05) is 13.8 Å². The van der Waals surface area contributed by atoms with Crippen LogP contribution in [0.2, 0.25) is 0 Å². The predicted octanol–water partition coefficient (Wildman–Crippen LogP) is 1.50. The molecule has 0 aromatic heterocycles. The molecule has 9 heteroatoms. The largest absolute Gasteiger partial charge is 0.462 e. The van der Waals surface area contributed by atoms with Crippen molar-refractivity contribution < 1.29 is 38.7 Å². The van der Waals surface area contributed by atoms with Crippen molar-refractivity contribution in [1.29, 1.82) is 0 Å². The van der Waals surface area contributed by atoms with Gasteiger partial charge in [0.15, 0.2) is 0 Å². The van der Waals surface area contributed by atoms with Crippen molar-refractivity contribution in [1.82, 2.24) is 0 Å². The number of halogens is 1. The van der Waals surface area contributed by atoms with E-state index >= 15 is 0 Å². The number of rotatable bonds is 8. The molecule has 0 aromatic rings. The SMILES string of the molecule is CCOCC1=COC(OC(=O)CC(C)C)C2C1(O)CC(OC(C)=O)C2(O)CCl. The lowest BCUT2D eigenvalue weighted by Gasteiger charge is -2.43. The maximum absolute atomic E-state index is 12.2. The summed E-state index contributed by atoms with van der Waals surface area (Å²) < 4.78 is 21.6. The van der Waals surface area contributed by atoms with Crippen LogP contribution in [0.3, 0.4) is 0 Å². The summed E-state index contributed by atoms with van der Waals surface area (Å²) in [5.74, 6) is -2.61. The second kappa shape index (κ2) is 8.98. The molecule has 1 aliphatic heterocycles. The van der Waals surface area contributed by atoms with E-state index < -0.39 is 41.5 Å². The van der Waals surface area contributed by atoms with Crippen molar-refractivity contribution in [2.45, 2.75) is 64.1 Å². The highest BCUT2D eigenvalue weighted by Gasteiger charge is 2.69. The van der Waals surface area contributed by atoms with Gasteiger partial charge in [0.2, 0.25) is 0 Å². The number of aliphatic hydroxyl groups is 2. The highest BCUT2D eigenvalue weighted by molar-refractivity contribution is 6.18. The summed E-state index contributed by atoms with van der Waals surface area (Å²) >= 11 is 6.05. The van der Waals surface area contributed by atoms with Gasteiger partial charge in [-0.2, -0.15) is 0 Å². The molecule has 28 heavy (non-hydrogen) atoms. The molecule has 2 aliphatic rings. The molecular weight excluding hydrogens is 392 g/mol. The van der Waals surface area contributed by atoms with Gasteiger partial charge >= 0.3 is 11.9 Å². The van der Waals surface area contributed by atoms with Gasteiger partial charge in [0.25, 0.3) is 6.29 Å². The average Bonchev–Trinajstić information content (AvgIpc) is 2.81. The molecule has 0 bridgehead atoms. The molecular formula is C19H29ClO8. The van der Waals surface area contributed by atoms with Crippen molar-refractivity contribution in [3.8, 4) is 0 Å². The molecule has 160 valence electrons. The van der Waals surface area contributed by atoms with Gasteiger partial charge in [0.1, 0.15) is 17.3 Å². The molecule has 0 aromatic carbocycles. The molecule has 1 aliphatic carbocycles. The van der Waals surface area contributed by atoms with E-state index in [1.807, 2.05) is 13.8 Å². The van der Waals surface area contributed by atoms with E-state index in [4.69, 9.17) is 30.5 Å². The van der Waals surface area contributed by atoms with Crippen LogP contribution in [0.1, 0.15) is 40.5 Å². The molecule has 5 unspecified atom stereocenters. The van der Waals surface area contributed by atoms with Gasteiger partial charge in [-0.3, -0.25) is 9.59 Å². The zero-order valence-corrected chi connectivity index (χ0v) is 17.4. The topological polar surface area (TPSA) is 112 Å². The Labute approximate surface area is 169 Å². The Morgan fingerprint density at radius 2 is 2.04 bits per heavy atom. The third-order valence-electron chi connectivity index (χ3n) is 5.09. The number of fused-ring (bicyclic) bond motifs is 1. The number of carbonyl (C=O) groups excluding carboxylic acids is 2. The van der Waals surface area contributed by atoms with E-state index in [9.17, 15) is 19.8 Å². The second-order valence-electron chi connectivity index (χ2n) is 7.70. The summed E-state index contributed by atoms with van der Waals surface area (Å²) in [6.45, 7) is 7.17. The summed E-state index contributed by atoms with van der Waals surface area (Å²) in [6, 6.07) is 0. The Morgan fingerprint density at radius 3 is 2.57 bits per heavy atom. The first-order valence-electron chi connectivity index (χ1n) is 9.38. The predicted molar refractivity (Wildman–Crippen MR) is 99.3 cm³/mol. The van der Waals surface area contributed by atoms with Crippen LogP contribution < -0.4 is 0 Å². The molecule has 0 spiro atoms. The van der Waals surface area contributed by atoms with Crippen LogP contribution in [0.5, 0.6) is 0 Å². The Hall–Kier alpha value is -1.35. The van der Waals surface area contributed by atoms with Gasteiger partial charge in [-0.05, 0) is 12.8 Å². The maximum Gasteiger partial charge on any atom is 0.309 e. The highest BCUT2D eigenvalue weighted by atomic mass is 35.5. The number of alkyl halides is 1. The lowest BCUT2D eigenvalue weighted by atomic mass is 9.77. The number of carbonyl (C=O) groups is 2. The molecule has 1 saturated carbocycles. The van der Waals surface area contributed by atoms with Crippen molar-refractivity contribution in [3.63, 3.8) is 0 Å². The second-order valence-corrected chi connectivity index (χ2v) is 7.97. The quantitative estimate of drug-likeness (QED) is 0.449. The molecule has 1 fully saturated rings. The van der Waals surface area contributed by atoms with Crippen LogP contribution in [0.15, 0.2) is 11.8 Å². The van der Waals surface area contributed by atoms with Crippen LogP contribution >= 0.6 is 11.6 Å².